The molecule has 2 aromatic heterocycles. The van der Waals surface area contributed by atoms with Crippen LogP contribution in [0, 0.1) is 12.3 Å². The molecule has 9 rings (SSSR count). The number of likely N-dealkylation sites (tertiary alicyclic amines) is 1. The highest BCUT2D eigenvalue weighted by molar-refractivity contribution is 7.13. The molecule has 6 heterocycles. The molecule has 18 heteroatoms. The number of para-hydroxylation sites is 1. The Labute approximate surface area is 463 Å². The van der Waals surface area contributed by atoms with Gasteiger partial charge in [0.1, 0.15) is 17.8 Å². The van der Waals surface area contributed by atoms with Crippen LogP contribution in [0.2, 0.25) is 0 Å². The van der Waals surface area contributed by atoms with Crippen molar-refractivity contribution in [3.63, 3.8) is 0 Å². The number of nitrogens with zero attached hydrogens (tertiary/aromatic N) is 8. The fraction of sp³-hybridized carbons (Fsp3) is 0.517. The van der Waals surface area contributed by atoms with Gasteiger partial charge in [0.25, 0.3) is 0 Å². The summed E-state index contributed by atoms with van der Waals surface area (Å²) in [5.74, 6) is -0.0882. The normalized spacial score (nSPS) is 20.0. The smallest absolute Gasteiger partial charge is 0.246 e. The first-order chi connectivity index (χ1) is 37.6. The minimum absolute atomic E-state index is 0.0312. The van der Waals surface area contributed by atoms with Crippen LogP contribution in [0.3, 0.4) is 0 Å². The molecule has 0 aliphatic carbocycles. The number of phenols is 1. The second-order valence-electron chi connectivity index (χ2n) is 23.0. The molecule has 17 nitrogen and oxygen atoms in total. The number of β-amino-alcohol motifs (C(OH)–C–C–N with tert-alkyl or cyclic N) is 1. The highest BCUT2D eigenvalue weighted by atomic mass is 32.1. The number of carbonyl (C=O) groups excluding carboxylic acids is 4. The van der Waals surface area contributed by atoms with Gasteiger partial charge in [-0.3, -0.25) is 24.1 Å². The van der Waals surface area contributed by atoms with E-state index < -0.39 is 23.6 Å². The number of aliphatic hydroxyl groups is 1. The lowest BCUT2D eigenvalue weighted by atomic mass is 9.85. The van der Waals surface area contributed by atoms with Crippen molar-refractivity contribution < 1.29 is 29.4 Å². The Morgan fingerprint density at radius 3 is 2.18 bits per heavy atom. The third kappa shape index (κ3) is 13.8. The van der Waals surface area contributed by atoms with Gasteiger partial charge in [0.05, 0.1) is 33.6 Å². The standard InChI is InChI=1S/C60H79N11O6S/c1-40-55(78-39-63-40)43-23-21-41(22-24-43)34-62-58(76)51-32-47(72)38-70(51)59(77)56(60(2,3)4)64-53(74)19-10-8-6-5-7-9-11-20-54(75)68-29-27-67(28-30-68)35-42-15-14-16-44(31-42)71-45-25-26-46(71)37-69(36-45)50-33-49(65-66-57(50)61)48-17-12-13-18-52(48)73/h12-18,21-24,31,33,39,45-47,51,56,72-73H,5-11,19-20,25-30,32,34-38H2,1-4H3,(H2,61,66)(H,62,76)(H,64,74)/t45?,46?,47-,51+,56-/m1/s1. The van der Waals surface area contributed by atoms with Crippen LogP contribution in [0.1, 0.15) is 115 Å². The molecule has 4 fully saturated rings. The number of aryl methyl sites for hydroxylation is 1. The maximum absolute atomic E-state index is 14.1. The van der Waals surface area contributed by atoms with E-state index in [0.717, 1.165) is 125 Å². The minimum atomic E-state index is -0.855. The molecule has 4 aliphatic rings. The van der Waals surface area contributed by atoms with Gasteiger partial charge < -0.3 is 46.2 Å². The van der Waals surface area contributed by atoms with Gasteiger partial charge in [-0.15, -0.1) is 21.5 Å². The van der Waals surface area contributed by atoms with Crippen molar-refractivity contribution in [2.75, 3.05) is 61.3 Å². The number of unbranched alkanes of at least 4 members (excludes halogenated alkanes) is 6. The lowest BCUT2D eigenvalue weighted by Gasteiger charge is -2.43. The molecule has 78 heavy (non-hydrogen) atoms. The van der Waals surface area contributed by atoms with Gasteiger partial charge in [-0.05, 0) is 85.0 Å². The zero-order chi connectivity index (χ0) is 54.9. The lowest BCUT2D eigenvalue weighted by Crippen LogP contribution is -2.57. The maximum atomic E-state index is 14.1. The van der Waals surface area contributed by atoms with Crippen molar-refractivity contribution in [1.29, 1.82) is 0 Å². The maximum Gasteiger partial charge on any atom is 0.246 e. The van der Waals surface area contributed by atoms with Crippen LogP contribution >= 0.6 is 11.3 Å². The number of hydrogen-bond donors (Lipinski definition) is 5. The predicted octanol–water partition coefficient (Wildman–Crippen LogP) is 7.69. The lowest BCUT2D eigenvalue weighted by molar-refractivity contribution is -0.144. The molecule has 2 unspecified atom stereocenters. The molecule has 4 saturated heterocycles. The number of fused-ring (bicyclic) bond motifs is 2. The minimum Gasteiger partial charge on any atom is -0.507 e. The number of aromatic hydroxyl groups is 1. The first-order valence-electron chi connectivity index (χ1n) is 28.2. The zero-order valence-corrected chi connectivity index (χ0v) is 46.7. The number of phenolic OH excluding ortho intramolecular Hbond substituents is 1. The van der Waals surface area contributed by atoms with Crippen molar-refractivity contribution >= 4 is 52.2 Å². The van der Waals surface area contributed by atoms with E-state index in [9.17, 15) is 29.4 Å². The van der Waals surface area contributed by atoms with Crippen molar-refractivity contribution in [2.24, 2.45) is 5.41 Å². The number of carbonyl (C=O) groups is 4. The monoisotopic (exact) mass is 1080 g/mol. The number of nitrogen functional groups attached to an aromatic ring is 1. The summed E-state index contributed by atoms with van der Waals surface area (Å²) in [6.07, 6.45) is 8.92. The predicted molar refractivity (Wildman–Crippen MR) is 307 cm³/mol. The quantitative estimate of drug-likeness (QED) is 0.0447. The Morgan fingerprint density at radius 2 is 1.50 bits per heavy atom. The van der Waals surface area contributed by atoms with Crippen molar-refractivity contribution in [3.8, 4) is 27.4 Å². The fourth-order valence-corrected chi connectivity index (χ4v) is 12.6. The molecule has 3 aromatic carbocycles. The Bertz CT molecular complexity index is 2850. The molecule has 0 spiro atoms. The molecule has 0 saturated carbocycles. The average Bonchev–Trinajstić information content (AvgIpc) is 4.30. The summed E-state index contributed by atoms with van der Waals surface area (Å²) >= 11 is 1.59. The Kier molecular flexibility index (Phi) is 18.3. The first kappa shape index (κ1) is 56.1. The number of anilines is 3. The van der Waals surface area contributed by atoms with Crippen LogP contribution in [0.15, 0.2) is 84.4 Å². The molecule has 6 N–H and O–H groups in total. The van der Waals surface area contributed by atoms with Gasteiger partial charge in [0.2, 0.25) is 23.6 Å². The number of nitrogens with two attached hydrogens (primary N) is 1. The number of thiazole rings is 1. The summed E-state index contributed by atoms with van der Waals surface area (Å²) in [4.78, 5) is 70.3. The summed E-state index contributed by atoms with van der Waals surface area (Å²) in [6.45, 7) is 13.7. The zero-order valence-electron chi connectivity index (χ0n) is 45.9. The summed E-state index contributed by atoms with van der Waals surface area (Å²) in [5, 5.41) is 35.6. The molecular weight excluding hydrogens is 1000 g/mol. The number of rotatable bonds is 21. The second kappa shape index (κ2) is 25.4. The summed E-state index contributed by atoms with van der Waals surface area (Å²) in [7, 11) is 0. The van der Waals surface area contributed by atoms with Gasteiger partial charge in [-0.25, -0.2) is 4.98 Å². The molecule has 5 atom stereocenters. The number of aliphatic hydroxyl groups excluding tert-OH is 1. The Balaban J connectivity index is 0.637. The highest BCUT2D eigenvalue weighted by Crippen LogP contribution is 2.40. The molecule has 0 radical (unpaired) electrons. The fourth-order valence-electron chi connectivity index (χ4n) is 11.8. The van der Waals surface area contributed by atoms with Gasteiger partial charge >= 0.3 is 0 Å². The van der Waals surface area contributed by atoms with E-state index in [1.165, 1.54) is 16.2 Å². The van der Waals surface area contributed by atoms with E-state index in [4.69, 9.17) is 5.73 Å². The van der Waals surface area contributed by atoms with Gasteiger partial charge in [0.15, 0.2) is 5.82 Å². The van der Waals surface area contributed by atoms with Crippen molar-refractivity contribution in [1.82, 2.24) is 40.5 Å². The third-order valence-electron chi connectivity index (χ3n) is 16.1. The van der Waals surface area contributed by atoms with Gasteiger partial charge in [-0.1, -0.05) is 101 Å². The van der Waals surface area contributed by atoms with E-state index in [1.54, 1.807) is 23.5 Å². The molecule has 4 amide bonds. The molecule has 2 bridgehead atoms. The Morgan fingerprint density at radius 1 is 0.808 bits per heavy atom. The SMILES string of the molecule is Cc1ncsc1-c1ccc(CNC(=O)[C@@H]2C[C@@H](O)CN2C(=O)[C@@H](NC(=O)CCCCCCCCCC(=O)N2CCN(Cc3cccc(N4C5CCC4CN(c4cc(-c6ccccc6O)nnc4N)C5)c3)CC2)C(C)(C)C)cc1. The summed E-state index contributed by atoms with van der Waals surface area (Å²) < 4.78 is 0. The van der Waals surface area contributed by atoms with Crippen LogP contribution in [0.25, 0.3) is 21.7 Å². The average molecular weight is 1080 g/mol. The first-order valence-corrected chi connectivity index (χ1v) is 29.1. The van der Waals surface area contributed by atoms with Crippen LogP contribution in [0.5, 0.6) is 5.75 Å². The van der Waals surface area contributed by atoms with Gasteiger partial charge in [-0.2, -0.15) is 0 Å². The third-order valence-corrected chi connectivity index (χ3v) is 17.1. The largest absolute Gasteiger partial charge is 0.507 e. The second-order valence-corrected chi connectivity index (χ2v) is 23.8. The number of nitrogens with one attached hydrogen (secondary N) is 2. The number of aromatic nitrogens is 3. The Hall–Kier alpha value is -6.63. The number of hydrogen-bond acceptors (Lipinski definition) is 14. The highest BCUT2D eigenvalue weighted by Gasteiger charge is 2.45. The van der Waals surface area contributed by atoms with Crippen molar-refractivity contribution in [3.05, 3.63) is 101 Å². The number of benzene rings is 3. The summed E-state index contributed by atoms with van der Waals surface area (Å²) in [6, 6.07) is 25.0. The number of amides is 4. The molecule has 416 valence electrons. The molecule has 4 aliphatic heterocycles. The van der Waals surface area contributed by atoms with E-state index in [-0.39, 0.29) is 48.9 Å². The van der Waals surface area contributed by atoms with Crippen molar-refractivity contribution in [2.45, 2.75) is 148 Å². The number of piperazine rings is 2. The summed E-state index contributed by atoms with van der Waals surface area (Å²) in [5.41, 5.74) is 15.2. The molecule has 5 aromatic rings. The van der Waals surface area contributed by atoms with E-state index in [0.29, 0.717) is 48.4 Å². The molecular formula is C60H79N11O6S. The van der Waals surface area contributed by atoms with Crippen LogP contribution in [-0.2, 0) is 32.3 Å². The van der Waals surface area contributed by atoms with Crippen LogP contribution in [0.4, 0.5) is 17.2 Å². The van der Waals surface area contributed by atoms with Gasteiger partial charge in [0, 0.05) is 101 Å². The van der Waals surface area contributed by atoms with E-state index in [1.807, 2.05) is 80.6 Å². The van der Waals surface area contributed by atoms with E-state index >= 15 is 0 Å². The topological polar surface area (TPSA) is 214 Å². The van der Waals surface area contributed by atoms with Crippen LogP contribution in [-0.4, -0.2) is 140 Å². The van der Waals surface area contributed by atoms with Crippen LogP contribution < -0.4 is 26.2 Å². The van der Waals surface area contributed by atoms with E-state index in [2.05, 4.69) is 64.8 Å².